The molecular weight excluding hydrogens is 368 g/mol. The number of ether oxygens (including phenoxy) is 1. The second-order valence-electron chi connectivity index (χ2n) is 7.23. The van der Waals surface area contributed by atoms with Gasteiger partial charge in [-0.2, -0.15) is 0 Å². The molecule has 0 bridgehead atoms. The number of carbonyl (C=O) groups is 1. The predicted octanol–water partition coefficient (Wildman–Crippen LogP) is 2.70. The first-order valence-corrected chi connectivity index (χ1v) is 10.0. The van der Waals surface area contributed by atoms with Gasteiger partial charge in [0.05, 0.1) is 13.7 Å². The molecule has 7 heteroatoms. The Morgan fingerprint density at radius 2 is 2.10 bits per heavy atom. The molecule has 1 saturated heterocycles. The van der Waals surface area contributed by atoms with E-state index in [4.69, 9.17) is 9.15 Å². The zero-order chi connectivity index (χ0) is 20.6. The van der Waals surface area contributed by atoms with Crippen LogP contribution in [0.1, 0.15) is 40.3 Å². The molecule has 1 atom stereocenters. The monoisotopic (exact) mass is 398 g/mol. The number of carbonyl (C=O) groups excluding carboxylic acids is 1. The van der Waals surface area contributed by atoms with Crippen molar-refractivity contribution in [2.45, 2.75) is 38.9 Å². The lowest BCUT2D eigenvalue weighted by Gasteiger charge is -2.25. The number of benzene rings is 1. The zero-order valence-electron chi connectivity index (χ0n) is 17.4. The molecule has 1 aromatic heterocycles. The summed E-state index contributed by atoms with van der Waals surface area (Å²) in [5.74, 6) is 1.54. The van der Waals surface area contributed by atoms with Crippen LogP contribution in [0.25, 0.3) is 0 Å². The molecule has 0 amide bonds. The highest BCUT2D eigenvalue weighted by Crippen LogP contribution is 2.19. The Morgan fingerprint density at radius 3 is 2.83 bits per heavy atom. The summed E-state index contributed by atoms with van der Waals surface area (Å²) in [6.45, 7) is 5.12. The van der Waals surface area contributed by atoms with Crippen LogP contribution in [0.3, 0.4) is 0 Å². The maximum atomic E-state index is 11.7. The number of guanidine groups is 1. The van der Waals surface area contributed by atoms with Gasteiger partial charge in [-0.3, -0.25) is 9.89 Å². The molecule has 1 fully saturated rings. The van der Waals surface area contributed by atoms with Gasteiger partial charge in [-0.15, -0.1) is 0 Å². The number of hydrogen-bond donors (Lipinski definition) is 2. The van der Waals surface area contributed by atoms with Crippen molar-refractivity contribution in [3.05, 3.63) is 59.0 Å². The van der Waals surface area contributed by atoms with E-state index in [0.29, 0.717) is 35.6 Å². The van der Waals surface area contributed by atoms with E-state index in [9.17, 15) is 4.79 Å². The number of methoxy groups -OCH3 is 1. The Kier molecular flexibility index (Phi) is 7.30. The van der Waals surface area contributed by atoms with Crippen LogP contribution in [-0.2, 0) is 17.8 Å². The third-order valence-corrected chi connectivity index (χ3v) is 5.26. The van der Waals surface area contributed by atoms with Crippen molar-refractivity contribution in [1.29, 1.82) is 0 Å². The lowest BCUT2D eigenvalue weighted by Crippen LogP contribution is -2.44. The molecule has 2 N–H and O–H groups in total. The average molecular weight is 399 g/mol. The molecule has 0 spiro atoms. The molecular formula is C22H30N4O3. The summed E-state index contributed by atoms with van der Waals surface area (Å²) in [5, 5.41) is 6.66. The molecule has 1 unspecified atom stereocenters. The maximum absolute atomic E-state index is 11.7. The van der Waals surface area contributed by atoms with Crippen LogP contribution >= 0.6 is 0 Å². The van der Waals surface area contributed by atoms with E-state index >= 15 is 0 Å². The quantitative estimate of drug-likeness (QED) is 0.424. The summed E-state index contributed by atoms with van der Waals surface area (Å²) in [4.78, 5) is 18.5. The van der Waals surface area contributed by atoms with Gasteiger partial charge in [0.2, 0.25) is 0 Å². The number of nitrogens with one attached hydrogen (secondary N) is 2. The standard InChI is InChI=1S/C22H30N4O3/c1-16-20(21(27)28-3)12-19(29-16)14-25-22(23-2)24-13-18-10-7-11-26(18)15-17-8-5-4-6-9-17/h4-6,8-9,12,18H,7,10-11,13-15H2,1-3H3,(H2,23,24,25). The van der Waals surface area contributed by atoms with E-state index in [-0.39, 0.29) is 5.97 Å². The van der Waals surface area contributed by atoms with Crippen LogP contribution in [-0.4, -0.2) is 50.1 Å². The number of rotatable bonds is 7. The second kappa shape index (κ2) is 10.1. The highest BCUT2D eigenvalue weighted by molar-refractivity contribution is 5.90. The van der Waals surface area contributed by atoms with Gasteiger partial charge < -0.3 is 19.8 Å². The first-order valence-electron chi connectivity index (χ1n) is 10.0. The Bertz CT molecular complexity index is 832. The Hall–Kier alpha value is -2.80. The fourth-order valence-corrected chi connectivity index (χ4v) is 3.70. The maximum Gasteiger partial charge on any atom is 0.341 e. The number of nitrogens with zero attached hydrogens (tertiary/aromatic N) is 2. The van der Waals surface area contributed by atoms with Gasteiger partial charge in [-0.05, 0) is 37.9 Å². The third kappa shape index (κ3) is 5.60. The first-order chi connectivity index (χ1) is 14.1. The van der Waals surface area contributed by atoms with Gasteiger partial charge in [-0.1, -0.05) is 30.3 Å². The van der Waals surface area contributed by atoms with E-state index in [1.54, 1.807) is 20.0 Å². The van der Waals surface area contributed by atoms with Crippen LogP contribution < -0.4 is 10.6 Å². The van der Waals surface area contributed by atoms with Crippen molar-refractivity contribution < 1.29 is 13.9 Å². The Labute approximate surface area is 172 Å². The highest BCUT2D eigenvalue weighted by Gasteiger charge is 2.24. The molecule has 0 saturated carbocycles. The van der Waals surface area contributed by atoms with Gasteiger partial charge >= 0.3 is 5.97 Å². The topological polar surface area (TPSA) is 79.1 Å². The smallest absolute Gasteiger partial charge is 0.341 e. The minimum atomic E-state index is -0.389. The molecule has 1 aliphatic rings. The van der Waals surface area contributed by atoms with Crippen LogP contribution in [0.4, 0.5) is 0 Å². The van der Waals surface area contributed by atoms with Crippen molar-refractivity contribution in [3.63, 3.8) is 0 Å². The molecule has 2 heterocycles. The largest absolute Gasteiger partial charge is 0.465 e. The Balaban J connectivity index is 1.49. The van der Waals surface area contributed by atoms with Gasteiger partial charge in [0, 0.05) is 26.2 Å². The van der Waals surface area contributed by atoms with E-state index in [0.717, 1.165) is 19.6 Å². The SMILES string of the molecule is CN=C(NCc1cc(C(=O)OC)c(C)o1)NCC1CCCN1Cc1ccccc1. The Morgan fingerprint density at radius 1 is 1.31 bits per heavy atom. The molecule has 2 aromatic rings. The number of esters is 1. The van der Waals surface area contributed by atoms with Crippen LogP contribution in [0.5, 0.6) is 0 Å². The molecule has 0 radical (unpaired) electrons. The van der Waals surface area contributed by atoms with Crippen LogP contribution in [0.2, 0.25) is 0 Å². The van der Waals surface area contributed by atoms with Crippen LogP contribution in [0.15, 0.2) is 45.8 Å². The minimum Gasteiger partial charge on any atom is -0.465 e. The van der Waals surface area contributed by atoms with E-state index in [1.165, 1.54) is 25.5 Å². The molecule has 29 heavy (non-hydrogen) atoms. The summed E-state index contributed by atoms with van der Waals surface area (Å²) in [5.41, 5.74) is 1.80. The zero-order valence-corrected chi connectivity index (χ0v) is 17.4. The summed E-state index contributed by atoms with van der Waals surface area (Å²) in [7, 11) is 3.11. The minimum absolute atomic E-state index is 0.389. The van der Waals surface area contributed by atoms with E-state index in [1.807, 2.05) is 0 Å². The number of likely N-dealkylation sites (tertiary alicyclic amines) is 1. The molecule has 0 aliphatic carbocycles. The number of aryl methyl sites for hydroxylation is 1. The lowest BCUT2D eigenvalue weighted by atomic mass is 10.2. The average Bonchev–Trinajstić information content (AvgIpc) is 3.34. The third-order valence-electron chi connectivity index (χ3n) is 5.26. The van der Waals surface area contributed by atoms with Crippen molar-refractivity contribution in [2.75, 3.05) is 27.2 Å². The molecule has 1 aliphatic heterocycles. The number of hydrogen-bond acceptors (Lipinski definition) is 5. The number of furan rings is 1. The molecule has 156 valence electrons. The molecule has 7 nitrogen and oxygen atoms in total. The van der Waals surface area contributed by atoms with E-state index in [2.05, 4.69) is 50.9 Å². The van der Waals surface area contributed by atoms with Gasteiger partial charge in [-0.25, -0.2) is 4.79 Å². The van der Waals surface area contributed by atoms with Crippen molar-refractivity contribution in [1.82, 2.24) is 15.5 Å². The summed E-state index contributed by atoms with van der Waals surface area (Å²) in [6, 6.07) is 12.8. The van der Waals surface area contributed by atoms with Gasteiger partial charge in [0.15, 0.2) is 5.96 Å². The van der Waals surface area contributed by atoms with Gasteiger partial charge in [0.25, 0.3) is 0 Å². The number of aliphatic imine (C=N–C) groups is 1. The normalized spacial score (nSPS) is 17.3. The van der Waals surface area contributed by atoms with Crippen molar-refractivity contribution in [2.24, 2.45) is 4.99 Å². The summed E-state index contributed by atoms with van der Waals surface area (Å²) >= 11 is 0. The lowest BCUT2D eigenvalue weighted by molar-refractivity contribution is 0.0599. The fraction of sp³-hybridized carbons (Fsp3) is 0.455. The van der Waals surface area contributed by atoms with Crippen molar-refractivity contribution in [3.8, 4) is 0 Å². The van der Waals surface area contributed by atoms with E-state index < -0.39 is 0 Å². The van der Waals surface area contributed by atoms with Crippen molar-refractivity contribution >= 4 is 11.9 Å². The van der Waals surface area contributed by atoms with Crippen LogP contribution in [0, 0.1) is 6.92 Å². The molecule has 1 aromatic carbocycles. The fourth-order valence-electron chi connectivity index (χ4n) is 3.70. The predicted molar refractivity (Wildman–Crippen MR) is 113 cm³/mol. The molecule has 3 rings (SSSR count). The first kappa shape index (κ1) is 20.9. The van der Waals surface area contributed by atoms with Gasteiger partial charge in [0.1, 0.15) is 17.1 Å². The summed E-state index contributed by atoms with van der Waals surface area (Å²) < 4.78 is 10.4. The highest BCUT2D eigenvalue weighted by atomic mass is 16.5. The second-order valence-corrected chi connectivity index (χ2v) is 7.23. The summed E-state index contributed by atoms with van der Waals surface area (Å²) in [6.07, 6.45) is 2.39.